The first-order valence-electron chi connectivity index (χ1n) is 7.61. The molecular weight excluding hydrogens is 254 g/mol. The van der Waals surface area contributed by atoms with E-state index in [0.29, 0.717) is 0 Å². The largest absolute Gasteiger partial charge is 0.308 e. The average molecular weight is 279 g/mol. The lowest BCUT2D eigenvalue weighted by Crippen LogP contribution is -2.29. The number of hydrogen-bond donors (Lipinski definition) is 1. The van der Waals surface area contributed by atoms with Gasteiger partial charge in [-0.05, 0) is 31.6 Å². The average Bonchev–Trinajstić information content (AvgIpc) is 3.26. The van der Waals surface area contributed by atoms with E-state index in [1.807, 2.05) is 11.3 Å². The van der Waals surface area contributed by atoms with Gasteiger partial charge in [0.1, 0.15) is 5.01 Å². The third-order valence-electron chi connectivity index (χ3n) is 3.75. The van der Waals surface area contributed by atoms with Crippen LogP contribution in [-0.4, -0.2) is 28.5 Å². The minimum absolute atomic E-state index is 0.746. The molecule has 1 heterocycles. The molecule has 0 aromatic carbocycles. The Morgan fingerprint density at radius 1 is 1.37 bits per heavy atom. The van der Waals surface area contributed by atoms with Gasteiger partial charge in [0.2, 0.25) is 0 Å². The monoisotopic (exact) mass is 279 g/mol. The third kappa shape index (κ3) is 4.26. The van der Waals surface area contributed by atoms with Crippen LogP contribution < -0.4 is 5.32 Å². The maximum absolute atomic E-state index is 4.78. The molecule has 106 valence electrons. The minimum Gasteiger partial charge on any atom is -0.308 e. The van der Waals surface area contributed by atoms with E-state index in [1.165, 1.54) is 42.9 Å². The fraction of sp³-hybridized carbons (Fsp3) is 0.800. The highest BCUT2D eigenvalue weighted by atomic mass is 32.1. The van der Waals surface area contributed by atoms with E-state index in [0.717, 1.165) is 31.1 Å². The molecule has 0 radical (unpaired) electrons. The zero-order chi connectivity index (χ0) is 13.2. The van der Waals surface area contributed by atoms with Gasteiger partial charge in [-0.15, -0.1) is 11.3 Å². The highest BCUT2D eigenvalue weighted by Gasteiger charge is 2.29. The summed E-state index contributed by atoms with van der Waals surface area (Å²) in [7, 11) is 0. The van der Waals surface area contributed by atoms with Crippen LogP contribution in [-0.2, 0) is 13.1 Å². The second kappa shape index (κ2) is 5.90. The van der Waals surface area contributed by atoms with Crippen LogP contribution in [0.2, 0.25) is 0 Å². The van der Waals surface area contributed by atoms with E-state index in [1.54, 1.807) is 0 Å². The van der Waals surface area contributed by atoms with Crippen LogP contribution in [0.4, 0.5) is 0 Å². The number of thiazole rings is 1. The Morgan fingerprint density at radius 3 is 2.79 bits per heavy atom. The Morgan fingerprint density at radius 2 is 2.16 bits per heavy atom. The summed E-state index contributed by atoms with van der Waals surface area (Å²) in [5.74, 6) is 0.746. The van der Waals surface area contributed by atoms with Gasteiger partial charge >= 0.3 is 0 Å². The van der Waals surface area contributed by atoms with Gasteiger partial charge in [0.15, 0.2) is 0 Å². The topological polar surface area (TPSA) is 28.2 Å². The van der Waals surface area contributed by atoms with Crippen LogP contribution in [0.3, 0.4) is 0 Å². The Labute approximate surface area is 120 Å². The van der Waals surface area contributed by atoms with Crippen molar-refractivity contribution in [3.63, 3.8) is 0 Å². The van der Waals surface area contributed by atoms with Crippen LogP contribution in [0.1, 0.15) is 50.2 Å². The molecule has 0 saturated heterocycles. The third-order valence-corrected chi connectivity index (χ3v) is 4.64. The lowest BCUT2D eigenvalue weighted by molar-refractivity contribution is 0.224. The van der Waals surface area contributed by atoms with Crippen molar-refractivity contribution in [1.82, 2.24) is 15.2 Å². The highest BCUT2D eigenvalue weighted by molar-refractivity contribution is 7.09. The van der Waals surface area contributed by atoms with Crippen LogP contribution in [0, 0.1) is 5.92 Å². The molecule has 3 nitrogen and oxygen atoms in total. The van der Waals surface area contributed by atoms with Crippen molar-refractivity contribution in [3.05, 3.63) is 16.1 Å². The maximum Gasteiger partial charge on any atom is 0.107 e. The zero-order valence-corrected chi connectivity index (χ0v) is 12.9. The summed E-state index contributed by atoms with van der Waals surface area (Å²) < 4.78 is 0. The van der Waals surface area contributed by atoms with Gasteiger partial charge in [0.05, 0.1) is 5.69 Å². The maximum atomic E-state index is 4.78. The van der Waals surface area contributed by atoms with Crippen molar-refractivity contribution in [1.29, 1.82) is 0 Å². The van der Waals surface area contributed by atoms with E-state index in [2.05, 4.69) is 29.4 Å². The van der Waals surface area contributed by atoms with Gasteiger partial charge in [-0.25, -0.2) is 4.98 Å². The van der Waals surface area contributed by atoms with E-state index >= 15 is 0 Å². The molecule has 1 aromatic rings. The predicted molar refractivity (Wildman–Crippen MR) is 80.2 cm³/mol. The number of aromatic nitrogens is 1. The Bertz CT molecular complexity index is 407. The molecule has 2 aliphatic carbocycles. The minimum atomic E-state index is 0.746. The first kappa shape index (κ1) is 13.5. The molecular formula is C15H25N3S. The molecule has 0 bridgehead atoms. The molecule has 1 aromatic heterocycles. The molecule has 0 amide bonds. The summed E-state index contributed by atoms with van der Waals surface area (Å²) in [6.07, 6.45) is 5.46. The van der Waals surface area contributed by atoms with E-state index in [9.17, 15) is 0 Å². The van der Waals surface area contributed by atoms with Crippen molar-refractivity contribution in [2.24, 2.45) is 5.92 Å². The molecule has 1 N–H and O–H groups in total. The van der Waals surface area contributed by atoms with Crippen LogP contribution in [0.25, 0.3) is 0 Å². The van der Waals surface area contributed by atoms with Gasteiger partial charge in [-0.1, -0.05) is 13.8 Å². The van der Waals surface area contributed by atoms with Crippen molar-refractivity contribution in [2.45, 2.75) is 64.7 Å². The summed E-state index contributed by atoms with van der Waals surface area (Å²) in [5.41, 5.74) is 1.27. The summed E-state index contributed by atoms with van der Waals surface area (Å²) in [4.78, 5) is 7.40. The first-order valence-corrected chi connectivity index (χ1v) is 8.49. The summed E-state index contributed by atoms with van der Waals surface area (Å²) in [5, 5.41) is 7.04. The van der Waals surface area contributed by atoms with Crippen LogP contribution >= 0.6 is 11.3 Å². The SMILES string of the molecule is CC(C)CN(Cc1csc(CNC2CC2)n1)C1CC1. The molecule has 2 fully saturated rings. The molecule has 3 rings (SSSR count). The standard InChI is InChI=1S/C15H25N3S/c1-11(2)8-18(14-5-6-14)9-13-10-19-15(17-13)7-16-12-3-4-12/h10-12,14,16H,3-9H2,1-2H3. The van der Waals surface area contributed by atoms with Gasteiger partial charge in [0.25, 0.3) is 0 Å². The van der Waals surface area contributed by atoms with E-state index in [4.69, 9.17) is 4.98 Å². The predicted octanol–water partition coefficient (Wildman–Crippen LogP) is 3.02. The molecule has 4 heteroatoms. The lowest BCUT2D eigenvalue weighted by Gasteiger charge is -2.22. The number of nitrogens with one attached hydrogen (secondary N) is 1. The second-order valence-corrected chi connectivity index (χ2v) is 7.38. The van der Waals surface area contributed by atoms with Crippen molar-refractivity contribution in [3.8, 4) is 0 Å². The number of nitrogens with zero attached hydrogens (tertiary/aromatic N) is 2. The Kier molecular flexibility index (Phi) is 4.20. The first-order chi connectivity index (χ1) is 9.20. The summed E-state index contributed by atoms with van der Waals surface area (Å²) in [6.45, 7) is 7.83. The highest BCUT2D eigenvalue weighted by Crippen LogP contribution is 2.29. The van der Waals surface area contributed by atoms with Crippen LogP contribution in [0.15, 0.2) is 5.38 Å². The molecule has 19 heavy (non-hydrogen) atoms. The normalized spacial score (nSPS) is 19.6. The molecule has 0 unspecified atom stereocenters. The van der Waals surface area contributed by atoms with Crippen molar-refractivity contribution < 1.29 is 0 Å². The number of rotatable bonds is 8. The summed E-state index contributed by atoms with van der Waals surface area (Å²) in [6, 6.07) is 1.60. The van der Waals surface area contributed by atoms with Crippen LogP contribution in [0.5, 0.6) is 0 Å². The van der Waals surface area contributed by atoms with Crippen molar-refractivity contribution in [2.75, 3.05) is 6.54 Å². The van der Waals surface area contributed by atoms with Gasteiger partial charge < -0.3 is 5.32 Å². The van der Waals surface area contributed by atoms with E-state index in [-0.39, 0.29) is 0 Å². The quantitative estimate of drug-likeness (QED) is 0.793. The van der Waals surface area contributed by atoms with E-state index < -0.39 is 0 Å². The fourth-order valence-corrected chi connectivity index (χ4v) is 3.22. The fourth-order valence-electron chi connectivity index (χ4n) is 2.48. The summed E-state index contributed by atoms with van der Waals surface area (Å²) >= 11 is 1.81. The van der Waals surface area contributed by atoms with Gasteiger partial charge in [-0.2, -0.15) is 0 Å². The molecule has 2 aliphatic rings. The lowest BCUT2D eigenvalue weighted by atomic mass is 10.2. The smallest absolute Gasteiger partial charge is 0.107 e. The van der Waals surface area contributed by atoms with Gasteiger partial charge in [0, 0.05) is 37.1 Å². The Hall–Kier alpha value is -0.450. The van der Waals surface area contributed by atoms with Crippen molar-refractivity contribution >= 4 is 11.3 Å². The second-order valence-electron chi connectivity index (χ2n) is 6.44. The van der Waals surface area contributed by atoms with Gasteiger partial charge in [-0.3, -0.25) is 4.90 Å². The molecule has 0 aliphatic heterocycles. The molecule has 0 atom stereocenters. The Balaban J connectivity index is 1.52. The number of hydrogen-bond acceptors (Lipinski definition) is 4. The molecule has 2 saturated carbocycles. The molecule has 0 spiro atoms. The zero-order valence-electron chi connectivity index (χ0n) is 12.1.